The molecule has 3 aromatic rings. The first kappa shape index (κ1) is 21.5. The van der Waals surface area contributed by atoms with Crippen LogP contribution in [0.15, 0.2) is 45.6 Å². The van der Waals surface area contributed by atoms with Crippen molar-refractivity contribution in [3.63, 3.8) is 0 Å². The van der Waals surface area contributed by atoms with E-state index in [9.17, 15) is 14.4 Å². The van der Waals surface area contributed by atoms with Crippen LogP contribution in [0.2, 0.25) is 0 Å². The van der Waals surface area contributed by atoms with Gasteiger partial charge in [0.15, 0.2) is 0 Å². The lowest BCUT2D eigenvalue weighted by Crippen LogP contribution is -2.49. The van der Waals surface area contributed by atoms with Crippen LogP contribution in [0.3, 0.4) is 0 Å². The Bertz CT molecular complexity index is 1140. The summed E-state index contributed by atoms with van der Waals surface area (Å²) in [7, 11) is 3.43. The highest BCUT2D eigenvalue weighted by atomic mass is 32.1. The Labute approximate surface area is 178 Å². The van der Waals surface area contributed by atoms with Crippen LogP contribution in [-0.2, 0) is 30.1 Å². The SMILES string of the molecule is CC(C)[C@@H](NC(=O)Cc1cccs1)C(=O)N/N=C/c1ccc2c(c1)n(C)c(=O)n2C. The number of aryl methyl sites for hydroxylation is 2. The minimum atomic E-state index is -0.688. The second kappa shape index (κ2) is 9.08. The van der Waals surface area contributed by atoms with Crippen molar-refractivity contribution in [3.05, 3.63) is 56.6 Å². The summed E-state index contributed by atoms with van der Waals surface area (Å²) < 4.78 is 3.13. The molecule has 2 amide bonds. The van der Waals surface area contributed by atoms with Crippen LogP contribution < -0.4 is 16.4 Å². The van der Waals surface area contributed by atoms with Crippen LogP contribution in [0.5, 0.6) is 0 Å². The Kier molecular flexibility index (Phi) is 6.51. The predicted molar refractivity (Wildman–Crippen MR) is 119 cm³/mol. The van der Waals surface area contributed by atoms with Crippen molar-refractivity contribution in [1.82, 2.24) is 19.9 Å². The molecule has 0 bridgehead atoms. The van der Waals surface area contributed by atoms with Gasteiger partial charge in [-0.3, -0.25) is 18.7 Å². The van der Waals surface area contributed by atoms with Gasteiger partial charge >= 0.3 is 5.69 Å². The third-order valence-corrected chi connectivity index (χ3v) is 5.74. The number of rotatable bonds is 7. The van der Waals surface area contributed by atoms with E-state index in [1.807, 2.05) is 49.6 Å². The number of imidazole rings is 1. The number of fused-ring (bicyclic) bond motifs is 1. The van der Waals surface area contributed by atoms with Gasteiger partial charge in [0.1, 0.15) is 6.04 Å². The fourth-order valence-corrected chi connectivity index (χ4v) is 3.88. The molecular formula is C21H25N5O3S. The van der Waals surface area contributed by atoms with Crippen molar-refractivity contribution < 1.29 is 9.59 Å². The van der Waals surface area contributed by atoms with Gasteiger partial charge in [0.25, 0.3) is 5.91 Å². The van der Waals surface area contributed by atoms with Crippen LogP contribution >= 0.6 is 11.3 Å². The van der Waals surface area contributed by atoms with Gasteiger partial charge in [-0.25, -0.2) is 10.2 Å². The van der Waals surface area contributed by atoms with Crippen LogP contribution in [0.25, 0.3) is 11.0 Å². The third kappa shape index (κ3) is 4.68. The molecule has 0 fully saturated rings. The molecule has 0 radical (unpaired) electrons. The molecule has 0 spiro atoms. The number of hydrogen-bond donors (Lipinski definition) is 2. The predicted octanol–water partition coefficient (Wildman–Crippen LogP) is 1.77. The van der Waals surface area contributed by atoms with E-state index in [1.54, 1.807) is 23.2 Å². The Balaban J connectivity index is 1.65. The number of aromatic nitrogens is 2. The van der Waals surface area contributed by atoms with E-state index in [4.69, 9.17) is 0 Å². The highest BCUT2D eigenvalue weighted by Crippen LogP contribution is 2.13. The quantitative estimate of drug-likeness (QED) is 0.444. The van der Waals surface area contributed by atoms with Gasteiger partial charge in [-0.15, -0.1) is 11.3 Å². The second-order valence-electron chi connectivity index (χ2n) is 7.43. The summed E-state index contributed by atoms with van der Waals surface area (Å²) in [4.78, 5) is 37.8. The molecule has 1 atom stereocenters. The molecule has 9 heteroatoms. The van der Waals surface area contributed by atoms with E-state index in [0.717, 1.165) is 21.5 Å². The average molecular weight is 428 g/mol. The van der Waals surface area contributed by atoms with Gasteiger partial charge in [-0.05, 0) is 35.1 Å². The van der Waals surface area contributed by atoms with Gasteiger partial charge in [0.05, 0.1) is 23.7 Å². The summed E-state index contributed by atoms with van der Waals surface area (Å²) in [5.74, 6) is -0.678. The van der Waals surface area contributed by atoms with Crippen molar-refractivity contribution in [2.45, 2.75) is 26.3 Å². The number of amides is 2. The van der Waals surface area contributed by atoms with Gasteiger partial charge in [-0.1, -0.05) is 26.0 Å². The first-order chi connectivity index (χ1) is 14.3. The van der Waals surface area contributed by atoms with E-state index in [0.29, 0.717) is 0 Å². The number of thiophene rings is 1. The molecule has 2 N–H and O–H groups in total. The van der Waals surface area contributed by atoms with E-state index in [2.05, 4.69) is 15.8 Å². The maximum absolute atomic E-state index is 12.5. The lowest BCUT2D eigenvalue weighted by Gasteiger charge is -2.20. The maximum atomic E-state index is 12.5. The lowest BCUT2D eigenvalue weighted by molar-refractivity contribution is -0.129. The normalized spacial score (nSPS) is 12.6. The molecule has 0 saturated carbocycles. The summed E-state index contributed by atoms with van der Waals surface area (Å²) in [5, 5.41) is 8.72. The van der Waals surface area contributed by atoms with Gasteiger partial charge < -0.3 is 5.32 Å². The molecule has 0 aliphatic carbocycles. The fourth-order valence-electron chi connectivity index (χ4n) is 3.17. The number of hydrogen-bond acceptors (Lipinski definition) is 5. The fraction of sp³-hybridized carbons (Fsp3) is 0.333. The monoisotopic (exact) mass is 427 g/mol. The second-order valence-corrected chi connectivity index (χ2v) is 8.46. The average Bonchev–Trinajstić information content (AvgIpc) is 3.29. The van der Waals surface area contributed by atoms with Gasteiger partial charge in [-0.2, -0.15) is 5.10 Å². The van der Waals surface area contributed by atoms with E-state index >= 15 is 0 Å². The largest absolute Gasteiger partial charge is 0.344 e. The molecule has 0 aliphatic heterocycles. The van der Waals surface area contributed by atoms with Crippen molar-refractivity contribution >= 4 is 40.4 Å². The van der Waals surface area contributed by atoms with Crippen molar-refractivity contribution in [3.8, 4) is 0 Å². The number of benzene rings is 1. The minimum absolute atomic E-state index is 0.0947. The molecule has 0 unspecified atom stereocenters. The zero-order chi connectivity index (χ0) is 21.8. The standard InChI is InChI=1S/C21H25N5O3S/c1-13(2)19(23-18(27)11-15-6-5-9-30-15)20(28)24-22-12-14-7-8-16-17(10-14)26(4)21(29)25(16)3/h5-10,12-13,19H,11H2,1-4H3,(H,23,27)(H,24,28)/b22-12+/t19-/m1/s1. The van der Waals surface area contributed by atoms with Gasteiger partial charge in [0, 0.05) is 19.0 Å². The Hall–Kier alpha value is -3.20. The Morgan fingerprint density at radius 3 is 2.57 bits per heavy atom. The summed E-state index contributed by atoms with van der Waals surface area (Å²) in [6.45, 7) is 3.73. The van der Waals surface area contributed by atoms with Crippen LogP contribution in [-0.4, -0.2) is 33.2 Å². The molecule has 158 valence electrons. The molecule has 2 heterocycles. The molecule has 1 aromatic carbocycles. The molecule has 0 aliphatic rings. The van der Waals surface area contributed by atoms with E-state index < -0.39 is 6.04 Å². The number of carbonyl (C=O) groups is 2. The summed E-state index contributed by atoms with van der Waals surface area (Å²) in [6, 6.07) is 8.57. The zero-order valence-electron chi connectivity index (χ0n) is 17.4. The van der Waals surface area contributed by atoms with E-state index in [1.165, 1.54) is 17.6 Å². The number of nitrogens with one attached hydrogen (secondary N) is 2. The minimum Gasteiger partial charge on any atom is -0.344 e. The summed E-state index contributed by atoms with van der Waals surface area (Å²) in [5.41, 5.74) is 4.73. The maximum Gasteiger partial charge on any atom is 0.328 e. The van der Waals surface area contributed by atoms with Crippen molar-refractivity contribution in [2.75, 3.05) is 0 Å². The van der Waals surface area contributed by atoms with Crippen LogP contribution in [0.1, 0.15) is 24.3 Å². The summed E-state index contributed by atoms with van der Waals surface area (Å²) in [6.07, 6.45) is 1.76. The number of hydrazone groups is 1. The molecule has 2 aromatic heterocycles. The molecule has 0 saturated heterocycles. The van der Waals surface area contributed by atoms with E-state index in [-0.39, 0.29) is 29.8 Å². The van der Waals surface area contributed by atoms with Crippen molar-refractivity contribution in [1.29, 1.82) is 0 Å². The lowest BCUT2D eigenvalue weighted by atomic mass is 10.0. The highest BCUT2D eigenvalue weighted by molar-refractivity contribution is 7.10. The number of nitrogens with zero attached hydrogens (tertiary/aromatic N) is 3. The first-order valence-electron chi connectivity index (χ1n) is 9.58. The first-order valence-corrected chi connectivity index (χ1v) is 10.5. The number of carbonyl (C=O) groups excluding carboxylic acids is 2. The Morgan fingerprint density at radius 1 is 1.17 bits per heavy atom. The molecule has 30 heavy (non-hydrogen) atoms. The Morgan fingerprint density at radius 2 is 1.90 bits per heavy atom. The molecular weight excluding hydrogens is 402 g/mol. The van der Waals surface area contributed by atoms with Crippen LogP contribution in [0, 0.1) is 5.92 Å². The highest BCUT2D eigenvalue weighted by Gasteiger charge is 2.24. The molecule has 8 nitrogen and oxygen atoms in total. The zero-order valence-corrected chi connectivity index (χ0v) is 18.2. The molecule has 3 rings (SSSR count). The smallest absolute Gasteiger partial charge is 0.328 e. The van der Waals surface area contributed by atoms with Gasteiger partial charge in [0.2, 0.25) is 5.91 Å². The van der Waals surface area contributed by atoms with Crippen LogP contribution in [0.4, 0.5) is 0 Å². The third-order valence-electron chi connectivity index (χ3n) is 4.86. The summed E-state index contributed by atoms with van der Waals surface area (Å²) >= 11 is 1.50. The topological polar surface area (TPSA) is 97.5 Å². The van der Waals surface area contributed by atoms with Crippen molar-refractivity contribution in [2.24, 2.45) is 25.1 Å².